The van der Waals surface area contributed by atoms with Crippen molar-refractivity contribution in [2.45, 2.75) is 64.0 Å². The average molecular weight is 468 g/mol. The molecule has 0 unspecified atom stereocenters. The molecule has 1 saturated carbocycles. The van der Waals surface area contributed by atoms with Gasteiger partial charge in [-0.25, -0.2) is 0 Å². The molecule has 1 aliphatic heterocycles. The first kappa shape index (κ1) is 23.7. The van der Waals surface area contributed by atoms with Gasteiger partial charge in [0.25, 0.3) is 17.4 Å². The second-order valence-corrected chi connectivity index (χ2v) is 9.21. The van der Waals surface area contributed by atoms with E-state index in [0.29, 0.717) is 11.3 Å². The molecule has 2 aliphatic rings. The predicted molar refractivity (Wildman–Crippen MR) is 131 cm³/mol. The van der Waals surface area contributed by atoms with Crippen LogP contribution in [0.2, 0.25) is 0 Å². The lowest BCUT2D eigenvalue weighted by Gasteiger charge is -2.29. The summed E-state index contributed by atoms with van der Waals surface area (Å²) >= 11 is 0. The van der Waals surface area contributed by atoms with Gasteiger partial charge in [0, 0.05) is 36.4 Å². The van der Waals surface area contributed by atoms with Gasteiger partial charge in [-0.15, -0.1) is 0 Å². The minimum atomic E-state index is -0.893. The van der Waals surface area contributed by atoms with Crippen LogP contribution in [0.5, 0.6) is 0 Å². The van der Waals surface area contributed by atoms with Gasteiger partial charge in [0.2, 0.25) is 5.95 Å². The zero-order chi connectivity index (χ0) is 24.2. The van der Waals surface area contributed by atoms with E-state index in [-0.39, 0.29) is 35.3 Å². The molecule has 1 aliphatic carbocycles. The van der Waals surface area contributed by atoms with Gasteiger partial charge in [-0.1, -0.05) is 18.9 Å². The fraction of sp³-hybridized carbons (Fsp3) is 0.500. The highest BCUT2D eigenvalue weighted by atomic mass is 16.2. The Morgan fingerprint density at radius 2 is 1.85 bits per heavy atom. The highest BCUT2D eigenvalue weighted by Gasteiger charge is 2.24. The number of nitrogens with one attached hydrogen (secondary N) is 3. The summed E-state index contributed by atoms with van der Waals surface area (Å²) < 4.78 is 0. The second kappa shape index (κ2) is 10.3. The number of nitrogens with zero attached hydrogens (tertiary/aromatic N) is 2. The summed E-state index contributed by atoms with van der Waals surface area (Å²) in [6.07, 6.45) is 7.01. The number of carbonyl (C=O) groups is 2. The van der Waals surface area contributed by atoms with Gasteiger partial charge in [0.15, 0.2) is 5.82 Å². The number of aryl methyl sites for hydroxylation is 1. The summed E-state index contributed by atoms with van der Waals surface area (Å²) in [7, 11) is 0. The number of likely N-dealkylation sites (tertiary alicyclic amines) is 1. The third kappa shape index (κ3) is 5.22. The number of nitrogens with two attached hydrogens (primary N) is 2. The van der Waals surface area contributed by atoms with Crippen LogP contribution < -0.4 is 27.7 Å². The molecule has 34 heavy (non-hydrogen) atoms. The minimum absolute atomic E-state index is 0.0311. The molecule has 7 N–H and O–H groups in total. The van der Waals surface area contributed by atoms with Crippen LogP contribution in [0, 0.1) is 6.92 Å². The van der Waals surface area contributed by atoms with Crippen molar-refractivity contribution in [1.82, 2.24) is 14.9 Å². The number of benzene rings is 1. The molecule has 182 valence electrons. The molecular formula is C24H33N7O3. The molecule has 1 aromatic carbocycles. The summed E-state index contributed by atoms with van der Waals surface area (Å²) in [5, 5.41) is 6.28. The van der Waals surface area contributed by atoms with Crippen LogP contribution in [0.3, 0.4) is 0 Å². The van der Waals surface area contributed by atoms with Crippen LogP contribution in [-0.4, -0.2) is 51.9 Å². The lowest BCUT2D eigenvalue weighted by atomic mass is 9.91. The summed E-state index contributed by atoms with van der Waals surface area (Å²) in [5.74, 6) is -0.674. The standard InChI is InChI=1S/C24H33N7O3/c1-14-9-10-15(23(34)31-11-5-2-6-12-31)13-18(14)27-21-19(20(26)32)22(33)30-24(29-21)28-17-8-4-3-7-16(17)25/h9-10,13,16-17H,2-8,11-12,25H2,1H3,(H2,26,32)(H3,27,28,29,30,33)/t16-,17-/m0/s1. The topological polar surface area (TPSA) is 159 Å². The molecule has 2 heterocycles. The molecule has 0 radical (unpaired) electrons. The minimum Gasteiger partial charge on any atom is -0.365 e. The van der Waals surface area contributed by atoms with Crippen LogP contribution in [-0.2, 0) is 0 Å². The van der Waals surface area contributed by atoms with Gasteiger partial charge in [-0.3, -0.25) is 19.4 Å². The van der Waals surface area contributed by atoms with E-state index in [1.165, 1.54) is 0 Å². The molecule has 10 heteroatoms. The van der Waals surface area contributed by atoms with Crippen molar-refractivity contribution < 1.29 is 9.59 Å². The number of anilines is 3. The Balaban J connectivity index is 1.64. The number of aromatic amines is 1. The Hall–Kier alpha value is -3.40. The number of primary amides is 1. The van der Waals surface area contributed by atoms with Crippen molar-refractivity contribution in [3.05, 3.63) is 45.2 Å². The maximum Gasteiger partial charge on any atom is 0.267 e. The van der Waals surface area contributed by atoms with Crippen molar-refractivity contribution in [2.24, 2.45) is 11.5 Å². The summed E-state index contributed by atoms with van der Waals surface area (Å²) in [5.41, 5.74) is 12.7. The number of piperidine rings is 1. The molecule has 0 bridgehead atoms. The number of aromatic nitrogens is 2. The fourth-order valence-electron chi connectivity index (χ4n) is 4.67. The van der Waals surface area contributed by atoms with E-state index in [1.807, 2.05) is 17.9 Å². The highest BCUT2D eigenvalue weighted by molar-refractivity contribution is 5.99. The normalized spacial score (nSPS) is 20.6. The monoisotopic (exact) mass is 467 g/mol. The average Bonchev–Trinajstić information content (AvgIpc) is 2.81. The summed E-state index contributed by atoms with van der Waals surface area (Å²) in [6, 6.07) is 5.26. The number of amides is 2. The summed E-state index contributed by atoms with van der Waals surface area (Å²) in [6.45, 7) is 3.36. The lowest BCUT2D eigenvalue weighted by Crippen LogP contribution is -2.43. The van der Waals surface area contributed by atoms with E-state index in [0.717, 1.165) is 63.6 Å². The van der Waals surface area contributed by atoms with Gasteiger partial charge in [-0.2, -0.15) is 4.98 Å². The van der Waals surface area contributed by atoms with Crippen LogP contribution in [0.4, 0.5) is 17.5 Å². The zero-order valence-electron chi connectivity index (χ0n) is 19.5. The van der Waals surface area contributed by atoms with Crippen LogP contribution in [0.25, 0.3) is 0 Å². The smallest absolute Gasteiger partial charge is 0.267 e. The predicted octanol–water partition coefficient (Wildman–Crippen LogP) is 2.23. The van der Waals surface area contributed by atoms with Gasteiger partial charge < -0.3 is 27.0 Å². The molecule has 1 aromatic heterocycles. The number of hydrogen-bond acceptors (Lipinski definition) is 7. The molecule has 2 fully saturated rings. The Bertz CT molecular complexity index is 1120. The largest absolute Gasteiger partial charge is 0.365 e. The van der Waals surface area contributed by atoms with Crippen LogP contribution in [0.1, 0.15) is 71.2 Å². The molecular weight excluding hydrogens is 434 g/mol. The van der Waals surface area contributed by atoms with E-state index in [2.05, 4.69) is 20.6 Å². The molecule has 2 aromatic rings. The summed E-state index contributed by atoms with van der Waals surface area (Å²) in [4.78, 5) is 46.7. The van der Waals surface area contributed by atoms with Gasteiger partial charge in [0.1, 0.15) is 5.56 Å². The van der Waals surface area contributed by atoms with E-state index in [1.54, 1.807) is 12.1 Å². The quantitative estimate of drug-likeness (QED) is 0.435. The van der Waals surface area contributed by atoms with Gasteiger partial charge in [-0.05, 0) is 56.7 Å². The van der Waals surface area contributed by atoms with Crippen molar-refractivity contribution in [2.75, 3.05) is 23.7 Å². The SMILES string of the molecule is Cc1ccc(C(=O)N2CCCCC2)cc1Nc1nc(N[C@H]2CCCC[C@@H]2N)[nH]c(=O)c1C(N)=O. The first-order chi connectivity index (χ1) is 16.3. The molecule has 4 rings (SSSR count). The van der Waals surface area contributed by atoms with E-state index < -0.39 is 11.5 Å². The van der Waals surface area contributed by atoms with Gasteiger partial charge in [0.05, 0.1) is 0 Å². The molecule has 1 saturated heterocycles. The van der Waals surface area contributed by atoms with E-state index in [4.69, 9.17) is 11.5 Å². The first-order valence-corrected chi connectivity index (χ1v) is 12.0. The third-order valence-electron chi connectivity index (χ3n) is 6.69. The third-order valence-corrected chi connectivity index (χ3v) is 6.69. The number of hydrogen-bond donors (Lipinski definition) is 5. The second-order valence-electron chi connectivity index (χ2n) is 9.21. The van der Waals surface area contributed by atoms with Gasteiger partial charge >= 0.3 is 0 Å². The molecule has 2 amide bonds. The maximum atomic E-state index is 13.0. The van der Waals surface area contributed by atoms with Crippen molar-refractivity contribution in [3.63, 3.8) is 0 Å². The Kier molecular flexibility index (Phi) is 7.16. The lowest BCUT2D eigenvalue weighted by molar-refractivity contribution is 0.0724. The van der Waals surface area contributed by atoms with Crippen LogP contribution in [0.15, 0.2) is 23.0 Å². The zero-order valence-corrected chi connectivity index (χ0v) is 19.5. The van der Waals surface area contributed by atoms with Crippen molar-refractivity contribution in [3.8, 4) is 0 Å². The van der Waals surface area contributed by atoms with E-state index in [9.17, 15) is 14.4 Å². The highest BCUT2D eigenvalue weighted by Crippen LogP contribution is 2.25. The Morgan fingerprint density at radius 3 is 2.56 bits per heavy atom. The number of rotatable bonds is 6. The fourth-order valence-corrected chi connectivity index (χ4v) is 4.67. The molecule has 2 atom stereocenters. The number of H-pyrrole nitrogens is 1. The molecule has 0 spiro atoms. The molecule has 10 nitrogen and oxygen atoms in total. The van der Waals surface area contributed by atoms with Crippen LogP contribution >= 0.6 is 0 Å². The Morgan fingerprint density at radius 1 is 1.12 bits per heavy atom. The Labute approximate surface area is 198 Å². The first-order valence-electron chi connectivity index (χ1n) is 12.0. The maximum absolute atomic E-state index is 13.0. The van der Waals surface area contributed by atoms with E-state index >= 15 is 0 Å². The number of carbonyl (C=O) groups excluding carboxylic acids is 2. The van der Waals surface area contributed by atoms with Crippen molar-refractivity contribution >= 4 is 29.3 Å². The van der Waals surface area contributed by atoms with Crippen molar-refractivity contribution in [1.29, 1.82) is 0 Å².